The molecule has 0 atom stereocenters. The molecule has 0 aliphatic carbocycles. The normalized spacial score (nSPS) is 13.3. The molecule has 90 valence electrons. The Morgan fingerprint density at radius 3 is 2.27 bits per heavy atom. The summed E-state index contributed by atoms with van der Waals surface area (Å²) in [4.78, 5) is 4.27. The fourth-order valence-electron chi connectivity index (χ4n) is 1.34. The zero-order valence-electron chi connectivity index (χ0n) is 10.4. The largest absolute Gasteiger partial charge is 0.396 e. The Hall–Kier alpha value is -0.770. The molecule has 0 aromatic heterocycles. The lowest BCUT2D eigenvalue weighted by atomic mass is 9.83. The van der Waals surface area contributed by atoms with Crippen molar-refractivity contribution in [2.75, 3.05) is 13.2 Å². The van der Waals surface area contributed by atoms with Crippen LogP contribution in [0.3, 0.4) is 0 Å². The van der Waals surface area contributed by atoms with Crippen molar-refractivity contribution in [1.82, 2.24) is 5.32 Å². The van der Waals surface area contributed by atoms with E-state index in [-0.39, 0.29) is 12.0 Å². The number of aliphatic hydroxyl groups is 1. The van der Waals surface area contributed by atoms with Crippen molar-refractivity contribution < 1.29 is 5.11 Å². The van der Waals surface area contributed by atoms with Gasteiger partial charge in [0.15, 0.2) is 5.96 Å². The molecule has 0 heterocycles. The summed E-state index contributed by atoms with van der Waals surface area (Å²) >= 11 is 0. The van der Waals surface area contributed by atoms with Crippen LogP contribution in [0.5, 0.6) is 0 Å². The molecule has 0 rings (SSSR count). The number of guanidine groups is 1. The van der Waals surface area contributed by atoms with Gasteiger partial charge in [0.25, 0.3) is 0 Å². The molecule has 0 unspecified atom stereocenters. The maximum Gasteiger partial charge on any atom is 0.188 e. The van der Waals surface area contributed by atoms with Gasteiger partial charge in [-0.3, -0.25) is 4.99 Å². The number of hydrogen-bond acceptors (Lipinski definition) is 2. The number of hydrogen-bond donors (Lipinski definition) is 3. The fourth-order valence-corrected chi connectivity index (χ4v) is 1.34. The molecule has 0 bridgehead atoms. The summed E-state index contributed by atoms with van der Waals surface area (Å²) in [6.45, 7) is 8.92. The van der Waals surface area contributed by atoms with Gasteiger partial charge in [-0.2, -0.15) is 0 Å². The lowest BCUT2D eigenvalue weighted by Gasteiger charge is -2.27. The van der Waals surface area contributed by atoms with Crippen LogP contribution in [0.15, 0.2) is 4.99 Å². The van der Waals surface area contributed by atoms with Crippen molar-refractivity contribution in [3.63, 3.8) is 0 Å². The second-order valence-corrected chi connectivity index (χ2v) is 4.37. The van der Waals surface area contributed by atoms with Crippen molar-refractivity contribution in [2.24, 2.45) is 16.1 Å². The first-order valence-corrected chi connectivity index (χ1v) is 5.67. The van der Waals surface area contributed by atoms with Gasteiger partial charge in [0.2, 0.25) is 0 Å². The molecule has 0 saturated carbocycles. The van der Waals surface area contributed by atoms with E-state index < -0.39 is 0 Å². The van der Waals surface area contributed by atoms with Crippen molar-refractivity contribution >= 4 is 5.96 Å². The van der Waals surface area contributed by atoms with Gasteiger partial charge in [0, 0.05) is 11.5 Å². The highest BCUT2D eigenvalue weighted by atomic mass is 16.3. The van der Waals surface area contributed by atoms with E-state index in [2.05, 4.69) is 24.2 Å². The van der Waals surface area contributed by atoms with E-state index >= 15 is 0 Å². The average Bonchev–Trinajstić information content (AvgIpc) is 2.20. The fraction of sp³-hybridized carbons (Fsp3) is 0.909. The number of aliphatic imine (C=N–C) groups is 1. The van der Waals surface area contributed by atoms with E-state index in [0.717, 1.165) is 12.8 Å². The van der Waals surface area contributed by atoms with Crippen molar-refractivity contribution in [3.05, 3.63) is 0 Å². The Morgan fingerprint density at radius 2 is 1.93 bits per heavy atom. The van der Waals surface area contributed by atoms with E-state index in [1.807, 2.05) is 13.8 Å². The molecule has 0 fully saturated rings. The third kappa shape index (κ3) is 5.02. The molecule has 4 nitrogen and oxygen atoms in total. The van der Waals surface area contributed by atoms with Crippen molar-refractivity contribution in [3.8, 4) is 0 Å². The zero-order chi connectivity index (χ0) is 11.9. The Morgan fingerprint density at radius 1 is 1.40 bits per heavy atom. The average molecular weight is 215 g/mol. The highest BCUT2D eigenvalue weighted by molar-refractivity contribution is 5.78. The number of aliphatic hydroxyl groups excluding tert-OH is 1. The Bertz CT molecular complexity index is 190. The van der Waals surface area contributed by atoms with Crippen molar-refractivity contribution in [1.29, 1.82) is 0 Å². The lowest BCUT2D eigenvalue weighted by Crippen LogP contribution is -2.38. The van der Waals surface area contributed by atoms with Gasteiger partial charge in [0.05, 0.1) is 13.2 Å². The summed E-state index contributed by atoms with van der Waals surface area (Å²) in [6.07, 6.45) is 1.83. The molecule has 4 heteroatoms. The third-order valence-corrected chi connectivity index (χ3v) is 2.86. The molecule has 0 spiro atoms. The molecule has 4 N–H and O–H groups in total. The van der Waals surface area contributed by atoms with Gasteiger partial charge >= 0.3 is 0 Å². The van der Waals surface area contributed by atoms with Crippen LogP contribution in [-0.4, -0.2) is 30.3 Å². The molecule has 0 aromatic carbocycles. The van der Waals surface area contributed by atoms with Crippen LogP contribution >= 0.6 is 0 Å². The first-order chi connectivity index (χ1) is 6.99. The van der Waals surface area contributed by atoms with Crippen LogP contribution in [0.1, 0.15) is 40.5 Å². The minimum absolute atomic E-state index is 0.108. The van der Waals surface area contributed by atoms with Gasteiger partial charge < -0.3 is 16.2 Å². The van der Waals surface area contributed by atoms with Gasteiger partial charge in [-0.1, -0.05) is 13.8 Å². The monoisotopic (exact) mass is 215 g/mol. The lowest BCUT2D eigenvalue weighted by molar-refractivity contribution is 0.123. The van der Waals surface area contributed by atoms with Crippen LogP contribution in [0.2, 0.25) is 0 Å². The van der Waals surface area contributed by atoms with Crippen LogP contribution in [0, 0.1) is 5.41 Å². The minimum atomic E-state index is -0.108. The quantitative estimate of drug-likeness (QED) is 0.459. The Kier molecular flexibility index (Phi) is 6.32. The third-order valence-electron chi connectivity index (χ3n) is 2.86. The Balaban J connectivity index is 4.30. The van der Waals surface area contributed by atoms with Crippen molar-refractivity contribution in [2.45, 2.75) is 46.6 Å². The summed E-state index contributed by atoms with van der Waals surface area (Å²) in [7, 11) is 0. The number of nitrogens with zero attached hydrogens (tertiary/aromatic N) is 1. The second kappa shape index (κ2) is 6.67. The van der Waals surface area contributed by atoms with Crippen LogP contribution in [0.25, 0.3) is 0 Å². The predicted octanol–water partition coefficient (Wildman–Crippen LogP) is 1.10. The summed E-state index contributed by atoms with van der Waals surface area (Å²) in [6, 6.07) is 0.292. The molecule has 0 aliphatic heterocycles. The van der Waals surface area contributed by atoms with E-state index in [1.165, 1.54) is 0 Å². The first kappa shape index (κ1) is 14.2. The summed E-state index contributed by atoms with van der Waals surface area (Å²) < 4.78 is 0. The van der Waals surface area contributed by atoms with E-state index in [9.17, 15) is 5.11 Å². The summed E-state index contributed by atoms with van der Waals surface area (Å²) in [5, 5.41) is 12.4. The van der Waals surface area contributed by atoms with Gasteiger partial charge in [-0.15, -0.1) is 0 Å². The standard InChI is InChI=1S/C11H25N3O/c1-5-11(6-2,8-15)7-13-10(12)14-9(3)4/h9,15H,5-8H2,1-4H3,(H3,12,13,14). The SMILES string of the molecule is CCC(CC)(CO)CN=C(N)NC(C)C. The van der Waals surface area contributed by atoms with Gasteiger partial charge in [-0.25, -0.2) is 0 Å². The molecular formula is C11H25N3O. The number of nitrogens with two attached hydrogens (primary N) is 1. The minimum Gasteiger partial charge on any atom is -0.396 e. The molecular weight excluding hydrogens is 190 g/mol. The summed E-state index contributed by atoms with van der Waals surface area (Å²) in [5.74, 6) is 0.463. The Labute approximate surface area is 93.0 Å². The van der Waals surface area contributed by atoms with Crippen LogP contribution in [0.4, 0.5) is 0 Å². The molecule has 0 amide bonds. The van der Waals surface area contributed by atoms with Gasteiger partial charge in [-0.05, 0) is 26.7 Å². The smallest absolute Gasteiger partial charge is 0.188 e. The zero-order valence-corrected chi connectivity index (χ0v) is 10.4. The van der Waals surface area contributed by atoms with Crippen LogP contribution < -0.4 is 11.1 Å². The predicted molar refractivity (Wildman–Crippen MR) is 64.9 cm³/mol. The molecule has 0 radical (unpaired) electrons. The molecule has 0 aromatic rings. The topological polar surface area (TPSA) is 70.6 Å². The molecule has 15 heavy (non-hydrogen) atoms. The van der Waals surface area contributed by atoms with E-state index in [4.69, 9.17) is 5.73 Å². The first-order valence-electron chi connectivity index (χ1n) is 5.67. The maximum atomic E-state index is 9.34. The van der Waals surface area contributed by atoms with E-state index in [0.29, 0.717) is 18.5 Å². The second-order valence-electron chi connectivity index (χ2n) is 4.37. The van der Waals surface area contributed by atoms with Crippen LogP contribution in [-0.2, 0) is 0 Å². The maximum absolute atomic E-state index is 9.34. The highest BCUT2D eigenvalue weighted by Crippen LogP contribution is 2.25. The highest BCUT2D eigenvalue weighted by Gasteiger charge is 2.24. The van der Waals surface area contributed by atoms with Gasteiger partial charge in [0.1, 0.15) is 0 Å². The molecule has 0 aliphatic rings. The molecule has 0 saturated heterocycles. The number of rotatable bonds is 6. The van der Waals surface area contributed by atoms with E-state index in [1.54, 1.807) is 0 Å². The summed E-state index contributed by atoms with van der Waals surface area (Å²) in [5.41, 5.74) is 5.60. The number of nitrogens with one attached hydrogen (secondary N) is 1.